The van der Waals surface area contributed by atoms with Crippen LogP contribution in [0.1, 0.15) is 27.2 Å². The molecule has 0 heterocycles. The number of carbonyl (C=O) groups excluding carboxylic acids is 2. The van der Waals surface area contributed by atoms with E-state index < -0.39 is 36.5 Å². The van der Waals surface area contributed by atoms with E-state index in [1.54, 1.807) is 20.8 Å². The second-order valence-electron chi connectivity index (χ2n) is 4.34. The molecule has 0 amide bonds. The fraction of sp³-hybridized carbons (Fsp3) is 0.545. The molecule has 0 saturated carbocycles. The number of hydrogen-bond donors (Lipinski definition) is 1. The zero-order chi connectivity index (χ0) is 13.6. The number of carboxylic acids is 1. The van der Waals surface area contributed by atoms with Crippen molar-refractivity contribution in [2.75, 3.05) is 6.61 Å². The average molecular weight is 244 g/mol. The van der Waals surface area contributed by atoms with Crippen molar-refractivity contribution in [3.8, 4) is 0 Å². The predicted octanol–water partition coefficient (Wildman–Crippen LogP) is 0.902. The molecule has 0 fully saturated rings. The Hall–Kier alpha value is -1.85. The smallest absolute Gasteiger partial charge is 0.344 e. The minimum absolute atomic E-state index is 0.221. The molecule has 1 N–H and O–H groups in total. The molecule has 17 heavy (non-hydrogen) atoms. The molecule has 0 saturated heterocycles. The lowest BCUT2D eigenvalue weighted by Gasteiger charge is -2.19. The van der Waals surface area contributed by atoms with Crippen LogP contribution in [0.4, 0.5) is 0 Å². The topological polar surface area (TPSA) is 89.9 Å². The van der Waals surface area contributed by atoms with E-state index in [0.29, 0.717) is 0 Å². The third-order valence-corrected chi connectivity index (χ3v) is 1.39. The van der Waals surface area contributed by atoms with Crippen LogP contribution in [0, 0.1) is 0 Å². The normalized spacial score (nSPS) is 10.5. The van der Waals surface area contributed by atoms with Gasteiger partial charge in [-0.05, 0) is 20.8 Å². The molecule has 0 rings (SSSR count). The molecule has 0 radical (unpaired) electrons. The maximum Gasteiger partial charge on any atom is 0.344 e. The highest BCUT2D eigenvalue weighted by Crippen LogP contribution is 2.07. The summed E-state index contributed by atoms with van der Waals surface area (Å²) < 4.78 is 9.42. The molecule has 6 heteroatoms. The molecule has 0 bridgehead atoms. The summed E-state index contributed by atoms with van der Waals surface area (Å²) in [5.41, 5.74) is -0.886. The lowest BCUT2D eigenvalue weighted by Crippen LogP contribution is -2.27. The first-order chi connectivity index (χ1) is 7.61. The highest BCUT2D eigenvalue weighted by atomic mass is 16.6. The second kappa shape index (κ2) is 6.03. The molecule has 0 aliphatic rings. The van der Waals surface area contributed by atoms with Gasteiger partial charge in [-0.3, -0.25) is 4.79 Å². The molecule has 0 aliphatic heterocycles. The fourth-order valence-electron chi connectivity index (χ4n) is 0.852. The molecule has 0 aromatic heterocycles. The van der Waals surface area contributed by atoms with E-state index in [9.17, 15) is 14.4 Å². The van der Waals surface area contributed by atoms with Crippen LogP contribution in [-0.2, 0) is 23.9 Å². The molecular formula is C11H16O6. The maximum atomic E-state index is 11.2. The standard InChI is InChI=1S/C11H16O6/c1-7(5-8(12)13)10(15)16-6-9(14)17-11(2,3)4/h1,5-6H2,2-4H3,(H,12,13). The number of esters is 2. The summed E-state index contributed by atoms with van der Waals surface area (Å²) in [6.45, 7) is 7.71. The van der Waals surface area contributed by atoms with E-state index in [4.69, 9.17) is 9.84 Å². The molecule has 0 unspecified atom stereocenters. The monoisotopic (exact) mass is 244 g/mol. The van der Waals surface area contributed by atoms with Crippen LogP contribution in [0.25, 0.3) is 0 Å². The minimum atomic E-state index is -1.19. The Kier molecular flexibility index (Phi) is 5.37. The summed E-state index contributed by atoms with van der Waals surface area (Å²) in [7, 11) is 0. The Labute approximate surface area is 99.2 Å². The van der Waals surface area contributed by atoms with Crippen LogP contribution in [0.5, 0.6) is 0 Å². The first-order valence-corrected chi connectivity index (χ1v) is 4.90. The van der Waals surface area contributed by atoms with Crippen molar-refractivity contribution >= 4 is 17.9 Å². The minimum Gasteiger partial charge on any atom is -0.481 e. The van der Waals surface area contributed by atoms with Crippen LogP contribution in [-0.4, -0.2) is 35.2 Å². The largest absolute Gasteiger partial charge is 0.481 e. The number of aliphatic carboxylic acids is 1. The van der Waals surface area contributed by atoms with Crippen molar-refractivity contribution in [2.24, 2.45) is 0 Å². The van der Waals surface area contributed by atoms with Gasteiger partial charge in [-0.15, -0.1) is 0 Å². The lowest BCUT2D eigenvalue weighted by molar-refractivity contribution is -0.165. The van der Waals surface area contributed by atoms with Crippen molar-refractivity contribution in [1.29, 1.82) is 0 Å². The van der Waals surface area contributed by atoms with Gasteiger partial charge < -0.3 is 14.6 Å². The lowest BCUT2D eigenvalue weighted by atomic mass is 10.2. The number of carboxylic acid groups (broad SMARTS) is 1. The van der Waals surface area contributed by atoms with Gasteiger partial charge in [0.15, 0.2) is 6.61 Å². The summed E-state index contributed by atoms with van der Waals surface area (Å²) in [5, 5.41) is 8.40. The Morgan fingerprint density at radius 2 is 1.76 bits per heavy atom. The van der Waals surface area contributed by atoms with E-state index in [1.807, 2.05) is 0 Å². The van der Waals surface area contributed by atoms with Gasteiger partial charge >= 0.3 is 17.9 Å². The Bertz CT molecular complexity index is 336. The molecular weight excluding hydrogens is 228 g/mol. The zero-order valence-corrected chi connectivity index (χ0v) is 10.1. The molecule has 0 spiro atoms. The predicted molar refractivity (Wildman–Crippen MR) is 58.2 cm³/mol. The van der Waals surface area contributed by atoms with Crippen molar-refractivity contribution in [2.45, 2.75) is 32.8 Å². The van der Waals surface area contributed by atoms with E-state index in [1.165, 1.54) is 0 Å². The SMILES string of the molecule is C=C(CC(=O)O)C(=O)OCC(=O)OC(C)(C)C. The van der Waals surface area contributed by atoms with Crippen LogP contribution in [0.15, 0.2) is 12.2 Å². The molecule has 96 valence electrons. The summed E-state index contributed by atoms with van der Waals surface area (Å²) in [6.07, 6.45) is -0.521. The van der Waals surface area contributed by atoms with Gasteiger partial charge in [-0.1, -0.05) is 6.58 Å². The number of hydrogen-bond acceptors (Lipinski definition) is 5. The highest BCUT2D eigenvalue weighted by Gasteiger charge is 2.19. The molecule has 0 aromatic rings. The van der Waals surface area contributed by atoms with Crippen molar-refractivity contribution in [1.82, 2.24) is 0 Å². The average Bonchev–Trinajstić information content (AvgIpc) is 2.10. The maximum absolute atomic E-state index is 11.2. The van der Waals surface area contributed by atoms with E-state index in [0.717, 1.165) is 0 Å². The van der Waals surface area contributed by atoms with Gasteiger partial charge in [0.1, 0.15) is 5.60 Å². The quantitative estimate of drug-likeness (QED) is 0.571. The second-order valence-corrected chi connectivity index (χ2v) is 4.34. The number of rotatable bonds is 5. The van der Waals surface area contributed by atoms with E-state index in [-0.39, 0.29) is 5.57 Å². The molecule has 6 nitrogen and oxygen atoms in total. The number of carbonyl (C=O) groups is 3. The van der Waals surface area contributed by atoms with Crippen LogP contribution in [0.2, 0.25) is 0 Å². The van der Waals surface area contributed by atoms with Gasteiger partial charge in [0.25, 0.3) is 0 Å². The van der Waals surface area contributed by atoms with Crippen LogP contribution < -0.4 is 0 Å². The Balaban J connectivity index is 4.04. The summed E-state index contributed by atoms with van der Waals surface area (Å²) in [4.78, 5) is 32.6. The van der Waals surface area contributed by atoms with Gasteiger partial charge in [-0.25, -0.2) is 9.59 Å². The number of ether oxygens (including phenoxy) is 2. The zero-order valence-electron chi connectivity index (χ0n) is 10.1. The van der Waals surface area contributed by atoms with Gasteiger partial charge in [0, 0.05) is 5.57 Å². The molecule has 0 atom stereocenters. The van der Waals surface area contributed by atoms with Crippen LogP contribution >= 0.6 is 0 Å². The summed E-state index contributed by atoms with van der Waals surface area (Å²) in [5.74, 6) is -2.81. The van der Waals surface area contributed by atoms with Gasteiger partial charge in [0.05, 0.1) is 6.42 Å². The fourth-order valence-corrected chi connectivity index (χ4v) is 0.852. The Morgan fingerprint density at radius 1 is 1.24 bits per heavy atom. The van der Waals surface area contributed by atoms with Gasteiger partial charge in [-0.2, -0.15) is 0 Å². The highest BCUT2D eigenvalue weighted by molar-refractivity contribution is 5.93. The third-order valence-electron chi connectivity index (χ3n) is 1.39. The van der Waals surface area contributed by atoms with Crippen molar-refractivity contribution in [3.05, 3.63) is 12.2 Å². The first kappa shape index (κ1) is 15.2. The van der Waals surface area contributed by atoms with Gasteiger partial charge in [0.2, 0.25) is 0 Å². The first-order valence-electron chi connectivity index (χ1n) is 4.90. The third kappa shape index (κ3) is 8.01. The van der Waals surface area contributed by atoms with E-state index in [2.05, 4.69) is 11.3 Å². The van der Waals surface area contributed by atoms with Crippen molar-refractivity contribution < 1.29 is 29.0 Å². The van der Waals surface area contributed by atoms with Crippen molar-refractivity contribution in [3.63, 3.8) is 0 Å². The van der Waals surface area contributed by atoms with E-state index >= 15 is 0 Å². The molecule has 0 aromatic carbocycles. The summed E-state index contributed by atoms with van der Waals surface area (Å²) in [6, 6.07) is 0. The molecule has 0 aliphatic carbocycles. The summed E-state index contributed by atoms with van der Waals surface area (Å²) >= 11 is 0. The van der Waals surface area contributed by atoms with Crippen LogP contribution in [0.3, 0.4) is 0 Å². The Morgan fingerprint density at radius 3 is 2.18 bits per heavy atom.